The SMILES string of the molecule is CS(=O)CCCOc1ccc([C@H]2c3[nH]c4ccc(Cl)cc4c3CCN2C=O)cc1. The number of rotatable bonds is 7. The van der Waals surface area contributed by atoms with Crippen molar-refractivity contribution in [3.05, 3.63) is 64.3 Å². The van der Waals surface area contributed by atoms with Gasteiger partial charge in [0, 0.05) is 51.0 Å². The Bertz CT molecular complexity index is 1050. The summed E-state index contributed by atoms with van der Waals surface area (Å²) in [6.45, 7) is 1.20. The topological polar surface area (TPSA) is 62.4 Å². The van der Waals surface area contributed by atoms with Crippen LogP contribution in [-0.2, 0) is 22.0 Å². The Morgan fingerprint density at radius 1 is 1.28 bits per heavy atom. The summed E-state index contributed by atoms with van der Waals surface area (Å²) in [4.78, 5) is 17.1. The zero-order valence-electron chi connectivity index (χ0n) is 16.2. The molecule has 0 saturated carbocycles. The monoisotopic (exact) mass is 430 g/mol. The molecule has 152 valence electrons. The van der Waals surface area contributed by atoms with Gasteiger partial charge in [0.25, 0.3) is 0 Å². The molecule has 2 heterocycles. The Morgan fingerprint density at radius 3 is 2.79 bits per heavy atom. The van der Waals surface area contributed by atoms with Crippen molar-refractivity contribution >= 4 is 39.7 Å². The lowest BCUT2D eigenvalue weighted by Gasteiger charge is -2.33. The van der Waals surface area contributed by atoms with Crippen molar-refractivity contribution in [2.24, 2.45) is 0 Å². The molecule has 0 bridgehead atoms. The maximum absolute atomic E-state index is 11.8. The predicted molar refractivity (Wildman–Crippen MR) is 117 cm³/mol. The van der Waals surface area contributed by atoms with Gasteiger partial charge in [0.1, 0.15) is 5.75 Å². The van der Waals surface area contributed by atoms with Gasteiger partial charge < -0.3 is 14.6 Å². The molecule has 1 aliphatic rings. The largest absolute Gasteiger partial charge is 0.494 e. The van der Waals surface area contributed by atoms with Crippen molar-refractivity contribution in [1.82, 2.24) is 9.88 Å². The molecule has 1 unspecified atom stereocenters. The van der Waals surface area contributed by atoms with Crippen LogP contribution in [0.4, 0.5) is 0 Å². The summed E-state index contributed by atoms with van der Waals surface area (Å²) in [6.07, 6.45) is 4.17. The number of carbonyl (C=O) groups is 1. The van der Waals surface area contributed by atoms with E-state index >= 15 is 0 Å². The third-order valence-corrected chi connectivity index (χ3v) is 6.40. The van der Waals surface area contributed by atoms with Gasteiger partial charge in [0.15, 0.2) is 0 Å². The van der Waals surface area contributed by atoms with Gasteiger partial charge >= 0.3 is 0 Å². The molecule has 0 aliphatic carbocycles. The van der Waals surface area contributed by atoms with Crippen LogP contribution < -0.4 is 4.74 Å². The van der Waals surface area contributed by atoms with Crippen LogP contribution in [0, 0.1) is 0 Å². The first-order valence-corrected chi connectivity index (χ1v) is 11.7. The van der Waals surface area contributed by atoms with Crippen molar-refractivity contribution in [3.63, 3.8) is 0 Å². The Morgan fingerprint density at radius 2 is 2.07 bits per heavy atom. The maximum atomic E-state index is 11.8. The van der Waals surface area contributed by atoms with E-state index in [1.165, 1.54) is 5.56 Å². The fourth-order valence-corrected chi connectivity index (χ4v) is 4.65. The highest BCUT2D eigenvalue weighted by molar-refractivity contribution is 7.84. The zero-order chi connectivity index (χ0) is 20.4. The second-order valence-corrected chi connectivity index (χ2v) is 9.24. The number of carbonyl (C=O) groups excluding carboxylic acids is 1. The van der Waals surface area contributed by atoms with Gasteiger partial charge in [0.2, 0.25) is 6.41 Å². The molecule has 2 aromatic carbocycles. The lowest BCUT2D eigenvalue weighted by molar-refractivity contribution is -0.120. The molecule has 0 saturated heterocycles. The molecule has 29 heavy (non-hydrogen) atoms. The van der Waals surface area contributed by atoms with Crippen LogP contribution in [0.1, 0.15) is 29.3 Å². The second kappa shape index (κ2) is 8.59. The maximum Gasteiger partial charge on any atom is 0.210 e. The summed E-state index contributed by atoms with van der Waals surface area (Å²) >= 11 is 6.20. The molecule has 4 rings (SSSR count). The number of hydrogen-bond acceptors (Lipinski definition) is 3. The van der Waals surface area contributed by atoms with Crippen LogP contribution >= 0.6 is 11.6 Å². The minimum absolute atomic E-state index is 0.168. The van der Waals surface area contributed by atoms with Crippen LogP contribution in [0.5, 0.6) is 5.75 Å². The smallest absolute Gasteiger partial charge is 0.210 e. The summed E-state index contributed by atoms with van der Waals surface area (Å²) in [5, 5.41) is 1.83. The molecule has 2 atom stereocenters. The highest BCUT2D eigenvalue weighted by atomic mass is 35.5. The first kappa shape index (κ1) is 20.0. The summed E-state index contributed by atoms with van der Waals surface area (Å²) < 4.78 is 16.9. The molecule has 3 aromatic rings. The van der Waals surface area contributed by atoms with Gasteiger partial charge in [-0.2, -0.15) is 0 Å². The highest BCUT2D eigenvalue weighted by Gasteiger charge is 2.31. The zero-order valence-corrected chi connectivity index (χ0v) is 17.8. The number of aromatic nitrogens is 1. The van der Waals surface area contributed by atoms with Gasteiger partial charge in [-0.3, -0.25) is 9.00 Å². The van der Waals surface area contributed by atoms with Crippen molar-refractivity contribution in [1.29, 1.82) is 0 Å². The van der Waals surface area contributed by atoms with Crippen LogP contribution in [0.2, 0.25) is 5.02 Å². The molecule has 0 spiro atoms. The Balaban J connectivity index is 1.61. The van der Waals surface area contributed by atoms with E-state index in [1.54, 1.807) is 6.26 Å². The number of fused-ring (bicyclic) bond motifs is 3. The van der Waals surface area contributed by atoms with E-state index in [1.807, 2.05) is 47.4 Å². The number of aromatic amines is 1. The van der Waals surface area contributed by atoms with Crippen LogP contribution in [0.3, 0.4) is 0 Å². The van der Waals surface area contributed by atoms with E-state index in [4.69, 9.17) is 16.3 Å². The van der Waals surface area contributed by atoms with Gasteiger partial charge in [0.05, 0.1) is 12.6 Å². The first-order chi connectivity index (χ1) is 14.1. The third kappa shape index (κ3) is 4.19. The molecule has 7 heteroatoms. The average molecular weight is 431 g/mol. The Labute approximate surface area is 177 Å². The van der Waals surface area contributed by atoms with Gasteiger partial charge in [-0.1, -0.05) is 23.7 Å². The van der Waals surface area contributed by atoms with Gasteiger partial charge in [-0.15, -0.1) is 0 Å². The first-order valence-electron chi connectivity index (χ1n) is 9.60. The third-order valence-electron chi connectivity index (χ3n) is 5.30. The van der Waals surface area contributed by atoms with Crippen LogP contribution in [0.25, 0.3) is 10.9 Å². The molecule has 0 radical (unpaired) electrons. The van der Waals surface area contributed by atoms with Crippen molar-refractivity contribution < 1.29 is 13.7 Å². The number of nitrogens with one attached hydrogen (secondary N) is 1. The summed E-state index contributed by atoms with van der Waals surface area (Å²) in [5.41, 5.74) is 4.32. The molecule has 5 nitrogen and oxygen atoms in total. The minimum atomic E-state index is -0.796. The number of amides is 1. The molecular weight excluding hydrogens is 408 g/mol. The van der Waals surface area contributed by atoms with Crippen molar-refractivity contribution in [2.45, 2.75) is 18.9 Å². The van der Waals surface area contributed by atoms with E-state index in [-0.39, 0.29) is 6.04 Å². The van der Waals surface area contributed by atoms with Crippen molar-refractivity contribution in [3.8, 4) is 5.75 Å². The van der Waals surface area contributed by atoms with E-state index < -0.39 is 10.8 Å². The van der Waals surface area contributed by atoms with Crippen LogP contribution in [-0.4, -0.2) is 45.7 Å². The lowest BCUT2D eigenvalue weighted by Crippen LogP contribution is -2.34. The van der Waals surface area contributed by atoms with Gasteiger partial charge in [-0.25, -0.2) is 0 Å². The van der Waals surface area contributed by atoms with Gasteiger partial charge in [-0.05, 0) is 54.3 Å². The molecular formula is C22H23ClN2O3S. The lowest BCUT2D eigenvalue weighted by atomic mass is 9.93. The number of H-pyrrole nitrogens is 1. The molecule has 1 aliphatic heterocycles. The second-order valence-electron chi connectivity index (χ2n) is 7.25. The number of benzene rings is 2. The quantitative estimate of drug-likeness (QED) is 0.454. The number of hydrogen-bond donors (Lipinski definition) is 1. The Hall–Kier alpha value is -2.31. The normalized spacial score (nSPS) is 17.2. The molecule has 1 aromatic heterocycles. The number of nitrogens with zero attached hydrogens (tertiary/aromatic N) is 1. The molecule has 1 amide bonds. The summed E-state index contributed by atoms with van der Waals surface area (Å²) in [7, 11) is -0.796. The standard InChI is InChI=1S/C22H23ClN2O3S/c1-29(27)12-2-11-28-17-6-3-15(4-7-17)22-21-18(9-10-25(22)14-26)19-13-16(23)5-8-20(19)24-21/h3-8,13-14,22,24H,2,9-12H2,1H3/t22-,29?/m0/s1. The van der Waals surface area contributed by atoms with E-state index in [0.717, 1.165) is 47.2 Å². The number of halogens is 1. The fraction of sp³-hybridized carbons (Fsp3) is 0.318. The van der Waals surface area contributed by atoms with Crippen molar-refractivity contribution in [2.75, 3.05) is 25.2 Å². The highest BCUT2D eigenvalue weighted by Crippen LogP contribution is 2.38. The Kier molecular flexibility index (Phi) is 5.92. The predicted octanol–water partition coefficient (Wildman–Crippen LogP) is 4.07. The number of ether oxygens (including phenoxy) is 1. The van der Waals surface area contributed by atoms with E-state index in [0.29, 0.717) is 23.9 Å². The molecule has 1 N–H and O–H groups in total. The summed E-state index contributed by atoms with van der Waals surface area (Å²) in [6, 6.07) is 13.5. The van der Waals surface area contributed by atoms with E-state index in [9.17, 15) is 9.00 Å². The van der Waals surface area contributed by atoms with Crippen LogP contribution in [0.15, 0.2) is 42.5 Å². The average Bonchev–Trinajstić information content (AvgIpc) is 3.08. The molecule has 0 fully saturated rings. The van der Waals surface area contributed by atoms with E-state index in [2.05, 4.69) is 4.98 Å². The fourth-order valence-electron chi connectivity index (χ4n) is 3.95. The summed E-state index contributed by atoms with van der Waals surface area (Å²) in [5.74, 6) is 1.41. The minimum Gasteiger partial charge on any atom is -0.494 e.